The summed E-state index contributed by atoms with van der Waals surface area (Å²) in [4.78, 5) is 24.7. The predicted octanol–water partition coefficient (Wildman–Crippen LogP) is 0.227. The Hall–Kier alpha value is -2.95. The van der Waals surface area contributed by atoms with Gasteiger partial charge in [-0.3, -0.25) is 19.9 Å². The minimum Gasteiger partial charge on any atom is -0.375 e. The summed E-state index contributed by atoms with van der Waals surface area (Å²) in [6, 6.07) is 9.85. The number of nitrogens with one attached hydrogen (secondary N) is 4. The summed E-state index contributed by atoms with van der Waals surface area (Å²) in [6.07, 6.45) is -0.869. The molecule has 10 heteroatoms. The molecule has 3 heterocycles. The second-order valence-corrected chi connectivity index (χ2v) is 7.29. The summed E-state index contributed by atoms with van der Waals surface area (Å²) in [5.41, 5.74) is 6.15. The first kappa shape index (κ1) is 19.4. The van der Waals surface area contributed by atoms with Gasteiger partial charge in [0.05, 0.1) is 17.3 Å². The van der Waals surface area contributed by atoms with E-state index < -0.39 is 6.29 Å². The average molecular weight is 399 g/mol. The summed E-state index contributed by atoms with van der Waals surface area (Å²) in [5.74, 6) is -0.148. The van der Waals surface area contributed by atoms with Gasteiger partial charge in [-0.1, -0.05) is 17.7 Å². The zero-order chi connectivity index (χ0) is 20.5. The van der Waals surface area contributed by atoms with Crippen LogP contribution in [0.1, 0.15) is 17.5 Å². The molecule has 4 N–H and O–H groups in total. The molecule has 1 aromatic carbocycles. The monoisotopic (exact) mass is 399 g/mol. The van der Waals surface area contributed by atoms with E-state index in [0.29, 0.717) is 12.4 Å². The molecule has 10 nitrogen and oxygen atoms in total. The third kappa shape index (κ3) is 3.82. The standard InChI is InChI=1S/C19H25N7O3/c1-11-4-6-13(7-5-11)25-17-14(9-20-25)18(28)23-19(22-17)26-15(8-12(2)24-26)21-16(27)10-29-3/h4-8,14,17,19-20,22H,9-10H2,1-3H3,(H,21,27)(H,23,28). The molecule has 2 amide bonds. The largest absolute Gasteiger partial charge is 0.375 e. The van der Waals surface area contributed by atoms with E-state index in [1.165, 1.54) is 12.7 Å². The molecule has 0 saturated carbocycles. The first-order valence-corrected chi connectivity index (χ1v) is 9.47. The van der Waals surface area contributed by atoms with Gasteiger partial charge in [0.2, 0.25) is 5.91 Å². The van der Waals surface area contributed by atoms with E-state index in [2.05, 4.69) is 26.5 Å². The number of hydrogen-bond acceptors (Lipinski definition) is 7. The summed E-state index contributed by atoms with van der Waals surface area (Å²) < 4.78 is 6.44. The Morgan fingerprint density at radius 3 is 2.79 bits per heavy atom. The second-order valence-electron chi connectivity index (χ2n) is 7.29. The Morgan fingerprint density at radius 2 is 2.07 bits per heavy atom. The fourth-order valence-corrected chi connectivity index (χ4v) is 3.66. The molecule has 0 bridgehead atoms. The molecular weight excluding hydrogens is 374 g/mol. The Bertz CT molecular complexity index is 911. The third-order valence-corrected chi connectivity index (χ3v) is 5.04. The minimum atomic E-state index is -0.608. The summed E-state index contributed by atoms with van der Waals surface area (Å²) in [6.45, 7) is 4.32. The lowest BCUT2D eigenvalue weighted by Crippen LogP contribution is -2.61. The molecule has 2 saturated heterocycles. The lowest BCUT2D eigenvalue weighted by atomic mass is 10.0. The maximum absolute atomic E-state index is 12.8. The SMILES string of the molecule is COCC(=O)Nc1cc(C)nn1C1NC(=O)C2CNN(c3ccc(C)cc3)C2N1. The number of benzene rings is 1. The second kappa shape index (κ2) is 7.82. The molecule has 3 unspecified atom stereocenters. The van der Waals surface area contributed by atoms with E-state index >= 15 is 0 Å². The van der Waals surface area contributed by atoms with Crippen molar-refractivity contribution in [1.29, 1.82) is 0 Å². The van der Waals surface area contributed by atoms with Crippen molar-refractivity contribution < 1.29 is 14.3 Å². The van der Waals surface area contributed by atoms with Crippen molar-refractivity contribution >= 4 is 23.3 Å². The third-order valence-electron chi connectivity index (χ3n) is 5.04. The van der Waals surface area contributed by atoms with Crippen LogP contribution in [0.15, 0.2) is 30.3 Å². The van der Waals surface area contributed by atoms with Crippen LogP contribution >= 0.6 is 0 Å². The average Bonchev–Trinajstić information content (AvgIpc) is 3.26. The van der Waals surface area contributed by atoms with Gasteiger partial charge in [0.25, 0.3) is 5.91 Å². The molecule has 0 spiro atoms. The molecule has 2 aromatic rings. The number of carbonyl (C=O) groups excluding carboxylic acids is 2. The maximum atomic E-state index is 12.8. The quantitative estimate of drug-likeness (QED) is 0.569. The number of hydrogen-bond donors (Lipinski definition) is 4. The fourth-order valence-electron chi connectivity index (χ4n) is 3.66. The maximum Gasteiger partial charge on any atom is 0.251 e. The number of aryl methyl sites for hydroxylation is 2. The summed E-state index contributed by atoms with van der Waals surface area (Å²) >= 11 is 0. The lowest BCUT2D eigenvalue weighted by Gasteiger charge is -2.37. The molecule has 2 aliphatic heterocycles. The van der Waals surface area contributed by atoms with Crippen LogP contribution in [0.5, 0.6) is 0 Å². The number of aromatic nitrogens is 2. The number of fused-ring (bicyclic) bond motifs is 1. The van der Waals surface area contributed by atoms with Gasteiger partial charge in [-0.2, -0.15) is 5.10 Å². The number of anilines is 2. The van der Waals surface area contributed by atoms with Crippen molar-refractivity contribution in [3.8, 4) is 0 Å². The van der Waals surface area contributed by atoms with Crippen LogP contribution in [-0.2, 0) is 14.3 Å². The van der Waals surface area contributed by atoms with Crippen LogP contribution in [0.3, 0.4) is 0 Å². The van der Waals surface area contributed by atoms with Gasteiger partial charge in [0, 0.05) is 19.7 Å². The van der Waals surface area contributed by atoms with Crippen LogP contribution < -0.4 is 26.4 Å². The number of rotatable bonds is 5. The van der Waals surface area contributed by atoms with Gasteiger partial charge in [0.15, 0.2) is 6.29 Å². The van der Waals surface area contributed by atoms with Crippen molar-refractivity contribution in [2.24, 2.45) is 5.92 Å². The molecule has 0 radical (unpaired) electrons. The first-order valence-electron chi connectivity index (χ1n) is 9.47. The highest BCUT2D eigenvalue weighted by Crippen LogP contribution is 2.28. The van der Waals surface area contributed by atoms with E-state index in [9.17, 15) is 9.59 Å². The van der Waals surface area contributed by atoms with Gasteiger partial charge < -0.3 is 15.4 Å². The number of nitrogens with zero attached hydrogens (tertiary/aromatic N) is 3. The Balaban J connectivity index is 1.58. The molecule has 2 aliphatic rings. The van der Waals surface area contributed by atoms with E-state index in [-0.39, 0.29) is 30.5 Å². The normalized spacial score (nSPS) is 23.6. The molecule has 0 aliphatic carbocycles. The van der Waals surface area contributed by atoms with Crippen LogP contribution in [0, 0.1) is 19.8 Å². The molecular formula is C19H25N7O3. The highest BCUT2D eigenvalue weighted by molar-refractivity contribution is 5.91. The van der Waals surface area contributed by atoms with Crippen LogP contribution in [0.25, 0.3) is 0 Å². The minimum absolute atomic E-state index is 0.0650. The number of hydrazine groups is 1. The van der Waals surface area contributed by atoms with E-state index in [4.69, 9.17) is 4.74 Å². The lowest BCUT2D eigenvalue weighted by molar-refractivity contribution is -0.129. The molecule has 1 aromatic heterocycles. The van der Waals surface area contributed by atoms with Gasteiger partial charge in [-0.25, -0.2) is 10.1 Å². The highest BCUT2D eigenvalue weighted by atomic mass is 16.5. The molecule has 4 rings (SSSR count). The Kier molecular flexibility index (Phi) is 5.22. The Labute approximate surface area is 168 Å². The highest BCUT2D eigenvalue weighted by Gasteiger charge is 2.45. The van der Waals surface area contributed by atoms with Gasteiger partial charge >= 0.3 is 0 Å². The van der Waals surface area contributed by atoms with E-state index in [0.717, 1.165) is 11.4 Å². The van der Waals surface area contributed by atoms with Crippen molar-refractivity contribution in [2.75, 3.05) is 30.6 Å². The van der Waals surface area contributed by atoms with Crippen molar-refractivity contribution in [3.63, 3.8) is 0 Å². The van der Waals surface area contributed by atoms with E-state index in [1.54, 1.807) is 10.7 Å². The van der Waals surface area contributed by atoms with E-state index in [1.807, 2.05) is 43.1 Å². The number of carbonyl (C=O) groups is 2. The number of amides is 2. The number of ether oxygens (including phenoxy) is 1. The predicted molar refractivity (Wildman–Crippen MR) is 107 cm³/mol. The molecule has 2 fully saturated rings. The van der Waals surface area contributed by atoms with Gasteiger partial charge in [0.1, 0.15) is 18.6 Å². The summed E-state index contributed by atoms with van der Waals surface area (Å²) in [7, 11) is 1.46. The zero-order valence-electron chi connectivity index (χ0n) is 16.6. The first-order chi connectivity index (χ1) is 14.0. The topological polar surface area (TPSA) is 113 Å². The molecule has 29 heavy (non-hydrogen) atoms. The van der Waals surface area contributed by atoms with Crippen molar-refractivity contribution in [2.45, 2.75) is 26.3 Å². The molecule has 154 valence electrons. The Morgan fingerprint density at radius 1 is 1.31 bits per heavy atom. The van der Waals surface area contributed by atoms with Gasteiger partial charge in [-0.15, -0.1) is 0 Å². The zero-order valence-corrected chi connectivity index (χ0v) is 16.6. The van der Waals surface area contributed by atoms with Gasteiger partial charge in [-0.05, 0) is 26.0 Å². The van der Waals surface area contributed by atoms with Crippen molar-refractivity contribution in [3.05, 3.63) is 41.6 Å². The smallest absolute Gasteiger partial charge is 0.251 e. The number of methoxy groups -OCH3 is 1. The molecule has 3 atom stereocenters. The van der Waals surface area contributed by atoms with Crippen LogP contribution in [-0.4, -0.2) is 48.0 Å². The summed E-state index contributed by atoms with van der Waals surface area (Å²) in [5, 5.41) is 15.6. The van der Waals surface area contributed by atoms with Crippen LogP contribution in [0.2, 0.25) is 0 Å². The van der Waals surface area contributed by atoms with Crippen LogP contribution in [0.4, 0.5) is 11.5 Å². The fraction of sp³-hybridized carbons (Fsp3) is 0.421. The van der Waals surface area contributed by atoms with Crippen molar-refractivity contribution in [1.82, 2.24) is 25.8 Å².